The van der Waals surface area contributed by atoms with Gasteiger partial charge in [-0.1, -0.05) is 0 Å². The van der Waals surface area contributed by atoms with Crippen LogP contribution < -0.4 is 0 Å². The summed E-state index contributed by atoms with van der Waals surface area (Å²) in [6.45, 7) is 8.88. The van der Waals surface area contributed by atoms with Crippen LogP contribution in [0.1, 0.15) is 27.7 Å². The second-order valence-electron chi connectivity index (χ2n) is 3.92. The second-order valence-corrected chi connectivity index (χ2v) is 8.81. The molecule has 1 aliphatic rings. The van der Waals surface area contributed by atoms with Gasteiger partial charge in [0.05, 0.1) is 0 Å². The SMILES string of the molecule is C[CH2][Ru]([CH]=C(C)C=C(C)C)[CH]1C=CC=C1. The maximum absolute atomic E-state index is 2.54. The van der Waals surface area contributed by atoms with Crippen LogP contribution in [0.25, 0.3) is 0 Å². The average molecular weight is 290 g/mol. The molecule has 0 saturated heterocycles. The van der Waals surface area contributed by atoms with Gasteiger partial charge in [-0.2, -0.15) is 0 Å². The van der Waals surface area contributed by atoms with Crippen molar-refractivity contribution < 1.29 is 16.0 Å². The molecule has 0 spiro atoms. The molecule has 0 aliphatic heterocycles. The Morgan fingerprint density at radius 2 is 1.80 bits per heavy atom. The molecule has 1 heteroatoms. The topological polar surface area (TPSA) is 0 Å². The predicted molar refractivity (Wildman–Crippen MR) is 65.7 cm³/mol. The molecule has 0 aromatic carbocycles. The molecule has 0 heterocycles. The Hall–Kier alpha value is -0.417. The summed E-state index contributed by atoms with van der Waals surface area (Å²) in [5, 5.41) is 1.35. The first-order chi connectivity index (χ1) is 7.13. The number of hydrogen-bond donors (Lipinski definition) is 0. The van der Waals surface area contributed by atoms with Gasteiger partial charge in [0, 0.05) is 0 Å². The summed E-state index contributed by atoms with van der Waals surface area (Å²) in [6, 6.07) is 0. The number of allylic oxidation sites excluding steroid dienone is 7. The Bertz CT molecular complexity index is 302. The molecule has 85 valence electrons. The molecule has 15 heavy (non-hydrogen) atoms. The van der Waals surface area contributed by atoms with Crippen LogP contribution in [0.3, 0.4) is 0 Å². The summed E-state index contributed by atoms with van der Waals surface area (Å²) in [5.74, 6) is 0. The molecule has 0 fully saturated rings. The predicted octanol–water partition coefficient (Wildman–Crippen LogP) is 4.83. The molecular weight excluding hydrogens is 269 g/mol. The first-order valence-corrected chi connectivity index (χ1v) is 8.63. The standard InChI is InChI=1S/C7H11.C5H5.C2H5.Ru/c1-6(2)5-7(3)4;1-2-4-5-3-1;1-2;/h1,5H,2-4H3;1-5H;1H2,2H3;. The van der Waals surface area contributed by atoms with Crippen molar-refractivity contribution in [2.75, 3.05) is 0 Å². The van der Waals surface area contributed by atoms with E-state index in [1.165, 1.54) is 16.2 Å². The molecule has 0 atom stereocenters. The van der Waals surface area contributed by atoms with Crippen LogP contribution in [0.2, 0.25) is 9.53 Å². The Labute approximate surface area is 99.4 Å². The average Bonchev–Trinajstić information content (AvgIpc) is 2.65. The van der Waals surface area contributed by atoms with E-state index in [1.54, 1.807) is 0 Å². The minimum atomic E-state index is -0.808. The van der Waals surface area contributed by atoms with Gasteiger partial charge in [0.25, 0.3) is 0 Å². The Morgan fingerprint density at radius 3 is 2.27 bits per heavy atom. The summed E-state index contributed by atoms with van der Waals surface area (Å²) in [7, 11) is 0. The van der Waals surface area contributed by atoms with E-state index < -0.39 is 16.0 Å². The third kappa shape index (κ3) is 4.30. The van der Waals surface area contributed by atoms with E-state index in [1.807, 2.05) is 0 Å². The van der Waals surface area contributed by atoms with Crippen molar-refractivity contribution in [2.24, 2.45) is 0 Å². The van der Waals surface area contributed by atoms with E-state index in [-0.39, 0.29) is 0 Å². The van der Waals surface area contributed by atoms with Crippen LogP contribution in [0.4, 0.5) is 0 Å². The first kappa shape index (κ1) is 12.7. The summed E-state index contributed by atoms with van der Waals surface area (Å²) in [4.78, 5) is 0. The van der Waals surface area contributed by atoms with E-state index in [9.17, 15) is 0 Å². The van der Waals surface area contributed by atoms with E-state index in [2.05, 4.69) is 62.7 Å². The molecule has 0 amide bonds. The van der Waals surface area contributed by atoms with Gasteiger partial charge in [0.15, 0.2) is 0 Å². The van der Waals surface area contributed by atoms with Crippen LogP contribution in [-0.2, 0) is 16.0 Å². The zero-order valence-electron chi connectivity index (χ0n) is 10.1. The van der Waals surface area contributed by atoms with Crippen molar-refractivity contribution >= 4 is 0 Å². The number of hydrogen-bond acceptors (Lipinski definition) is 0. The molecule has 1 rings (SSSR count). The van der Waals surface area contributed by atoms with Crippen molar-refractivity contribution in [3.63, 3.8) is 0 Å². The molecule has 0 saturated carbocycles. The van der Waals surface area contributed by atoms with Crippen LogP contribution >= 0.6 is 0 Å². The molecule has 0 N–H and O–H groups in total. The van der Waals surface area contributed by atoms with Gasteiger partial charge in [-0.15, -0.1) is 0 Å². The monoisotopic (exact) mass is 291 g/mol. The zero-order valence-corrected chi connectivity index (χ0v) is 11.8. The maximum atomic E-state index is 2.54. The van der Waals surface area contributed by atoms with Crippen molar-refractivity contribution in [2.45, 2.75) is 37.2 Å². The Morgan fingerprint density at radius 1 is 1.20 bits per heavy atom. The Balaban J connectivity index is 2.71. The molecule has 0 aromatic rings. The van der Waals surface area contributed by atoms with Crippen molar-refractivity contribution in [1.29, 1.82) is 0 Å². The molecule has 1 aliphatic carbocycles. The second kappa shape index (κ2) is 6.23. The van der Waals surface area contributed by atoms with Gasteiger partial charge in [-0.25, -0.2) is 0 Å². The fourth-order valence-corrected chi connectivity index (χ4v) is 5.49. The normalized spacial score (nSPS) is 17.1. The van der Waals surface area contributed by atoms with Crippen molar-refractivity contribution in [3.8, 4) is 0 Å². The van der Waals surface area contributed by atoms with Crippen molar-refractivity contribution in [3.05, 3.63) is 46.2 Å². The van der Waals surface area contributed by atoms with Crippen LogP contribution in [0.15, 0.2) is 46.2 Å². The van der Waals surface area contributed by atoms with Crippen LogP contribution in [0.5, 0.6) is 0 Å². The van der Waals surface area contributed by atoms with Crippen molar-refractivity contribution in [1.82, 2.24) is 0 Å². The van der Waals surface area contributed by atoms with Gasteiger partial charge >= 0.3 is 99.4 Å². The minimum absolute atomic E-state index is 0.750. The summed E-state index contributed by atoms with van der Waals surface area (Å²) >= 11 is -0.808. The van der Waals surface area contributed by atoms with Gasteiger partial charge in [-0.05, 0) is 0 Å². The van der Waals surface area contributed by atoms with Crippen LogP contribution in [0, 0.1) is 0 Å². The molecule has 0 aromatic heterocycles. The quantitative estimate of drug-likeness (QED) is 0.514. The fraction of sp³-hybridized carbons (Fsp3) is 0.429. The van der Waals surface area contributed by atoms with Gasteiger partial charge in [-0.3, -0.25) is 0 Å². The van der Waals surface area contributed by atoms with E-state index in [0.29, 0.717) is 0 Å². The molecular formula is C14H21Ru. The molecule has 0 radical (unpaired) electrons. The molecule has 0 unspecified atom stereocenters. The zero-order chi connectivity index (χ0) is 11.3. The Kier molecular flexibility index (Phi) is 5.25. The molecule has 0 bridgehead atoms. The molecule has 0 nitrogen and oxygen atoms in total. The van der Waals surface area contributed by atoms with Gasteiger partial charge in [0.2, 0.25) is 0 Å². The third-order valence-corrected chi connectivity index (χ3v) is 7.10. The summed E-state index contributed by atoms with van der Waals surface area (Å²) in [5.41, 5.74) is 2.84. The fourth-order valence-electron chi connectivity index (χ4n) is 1.57. The van der Waals surface area contributed by atoms with E-state index in [0.717, 1.165) is 4.51 Å². The summed E-state index contributed by atoms with van der Waals surface area (Å²) in [6.07, 6.45) is 11.4. The third-order valence-electron chi connectivity index (χ3n) is 2.09. The summed E-state index contributed by atoms with van der Waals surface area (Å²) < 4.78 is 3.29. The first-order valence-electron chi connectivity index (χ1n) is 5.40. The van der Waals surface area contributed by atoms with Gasteiger partial charge in [0.1, 0.15) is 0 Å². The number of rotatable bonds is 4. The van der Waals surface area contributed by atoms with E-state index >= 15 is 0 Å². The van der Waals surface area contributed by atoms with Crippen LogP contribution in [-0.4, -0.2) is 0 Å². The van der Waals surface area contributed by atoms with E-state index in [4.69, 9.17) is 0 Å². The van der Waals surface area contributed by atoms with Gasteiger partial charge < -0.3 is 0 Å².